The molecule has 1 heteroatoms. The summed E-state index contributed by atoms with van der Waals surface area (Å²) in [7, 11) is 0. The molecule has 16 heavy (non-hydrogen) atoms. The molecule has 0 aromatic heterocycles. The van der Waals surface area contributed by atoms with Crippen LogP contribution in [0.1, 0.15) is 62.2 Å². The molecule has 0 saturated carbocycles. The molecule has 0 nitrogen and oxygen atoms in total. The SMILES string of the molecule is CC(C)C[CH2][Hf+]([CH2]CC(C)C)[CH2]CC(C)C.[H-]. The predicted octanol–water partition coefficient (Wildman–Crippen LogP) is 6.11. The van der Waals surface area contributed by atoms with Crippen LogP contribution in [0.2, 0.25) is 12.5 Å². The Morgan fingerprint density at radius 2 is 0.875 bits per heavy atom. The van der Waals surface area contributed by atoms with Crippen LogP contribution in [0.15, 0.2) is 0 Å². The second-order valence-corrected chi connectivity index (χ2v) is 17.3. The fourth-order valence-electron chi connectivity index (χ4n) is 1.85. The molecular weight excluding hydrogens is 359 g/mol. The van der Waals surface area contributed by atoms with Gasteiger partial charge in [0, 0.05) is 0 Å². The van der Waals surface area contributed by atoms with E-state index in [1.807, 2.05) is 0 Å². The van der Waals surface area contributed by atoms with Gasteiger partial charge in [-0.2, -0.15) is 0 Å². The normalized spacial score (nSPS) is 11.8. The third-order valence-corrected chi connectivity index (χ3v) is 14.0. The van der Waals surface area contributed by atoms with E-state index in [0.29, 0.717) is 0 Å². The monoisotopic (exact) mass is 394 g/mol. The van der Waals surface area contributed by atoms with Crippen molar-refractivity contribution in [1.82, 2.24) is 0 Å². The Hall–Kier alpha value is 0.870. The second-order valence-electron chi connectivity index (χ2n) is 6.55. The Morgan fingerprint density at radius 1 is 0.625 bits per heavy atom. The van der Waals surface area contributed by atoms with E-state index in [4.69, 9.17) is 0 Å². The molecule has 0 aromatic carbocycles. The van der Waals surface area contributed by atoms with Crippen molar-refractivity contribution < 1.29 is 22.9 Å². The molecule has 0 spiro atoms. The first-order valence-electron chi connectivity index (χ1n) is 7.25. The minimum absolute atomic E-state index is 0. The summed E-state index contributed by atoms with van der Waals surface area (Å²) in [6, 6.07) is 0. The van der Waals surface area contributed by atoms with Crippen LogP contribution in [0.5, 0.6) is 0 Å². The van der Waals surface area contributed by atoms with Gasteiger partial charge in [-0.25, -0.2) is 0 Å². The average molecular weight is 393 g/mol. The minimum atomic E-state index is -1.15. The van der Waals surface area contributed by atoms with Crippen molar-refractivity contribution in [1.29, 1.82) is 0 Å². The van der Waals surface area contributed by atoms with Gasteiger partial charge >= 0.3 is 113 Å². The van der Waals surface area contributed by atoms with Crippen molar-refractivity contribution >= 4 is 0 Å². The first kappa shape index (κ1) is 16.9. The van der Waals surface area contributed by atoms with Crippen LogP contribution in [0.25, 0.3) is 0 Å². The quantitative estimate of drug-likeness (QED) is 0.415. The van der Waals surface area contributed by atoms with Crippen molar-refractivity contribution in [2.45, 2.75) is 73.3 Å². The van der Waals surface area contributed by atoms with Gasteiger partial charge in [0.2, 0.25) is 0 Å². The van der Waals surface area contributed by atoms with Gasteiger partial charge in [-0.1, -0.05) is 0 Å². The maximum absolute atomic E-state index is 2.38. The Morgan fingerprint density at radius 3 is 1.06 bits per heavy atom. The predicted molar refractivity (Wildman–Crippen MR) is 73.9 cm³/mol. The van der Waals surface area contributed by atoms with Crippen LogP contribution < -0.4 is 0 Å². The first-order chi connectivity index (χ1) is 7.41. The minimum Gasteiger partial charge on any atom is -1.00 e. The molecule has 0 amide bonds. The molecule has 0 aliphatic rings. The summed E-state index contributed by atoms with van der Waals surface area (Å²) in [6.45, 7) is 14.3. The number of hydrogen-bond acceptors (Lipinski definition) is 0. The summed E-state index contributed by atoms with van der Waals surface area (Å²) in [6.07, 6.45) is 4.54. The molecule has 0 aliphatic carbocycles. The number of rotatable bonds is 9. The van der Waals surface area contributed by atoms with Crippen molar-refractivity contribution in [3.05, 3.63) is 0 Å². The molecule has 0 bridgehead atoms. The Kier molecular flexibility index (Phi) is 10.4. The van der Waals surface area contributed by atoms with Gasteiger partial charge in [-0.3, -0.25) is 0 Å². The fraction of sp³-hybridized carbons (Fsp3) is 1.00. The molecule has 0 rings (SSSR count). The smallest absolute Gasteiger partial charge is 1.00 e. The first-order valence-corrected chi connectivity index (χ1v) is 14.9. The zero-order chi connectivity index (χ0) is 12.6. The van der Waals surface area contributed by atoms with Gasteiger partial charge in [-0.05, 0) is 0 Å². The molecule has 98 valence electrons. The number of hydrogen-bond donors (Lipinski definition) is 0. The van der Waals surface area contributed by atoms with E-state index in [-0.39, 0.29) is 1.43 Å². The molecule has 0 aliphatic heterocycles. The van der Waals surface area contributed by atoms with Gasteiger partial charge in [0.05, 0.1) is 0 Å². The van der Waals surface area contributed by atoms with E-state index < -0.39 is 21.4 Å². The van der Waals surface area contributed by atoms with Gasteiger partial charge in [-0.15, -0.1) is 0 Å². The maximum atomic E-state index is 2.38. The van der Waals surface area contributed by atoms with Gasteiger partial charge in [0.1, 0.15) is 0 Å². The second kappa shape index (κ2) is 9.86. The van der Waals surface area contributed by atoms with Crippen molar-refractivity contribution in [2.75, 3.05) is 0 Å². The topological polar surface area (TPSA) is 0 Å². The van der Waals surface area contributed by atoms with Crippen LogP contribution in [-0.4, -0.2) is 0 Å². The van der Waals surface area contributed by atoms with Crippen LogP contribution in [-0.2, 0) is 21.4 Å². The molecule has 0 unspecified atom stereocenters. The third-order valence-electron chi connectivity index (χ3n) is 3.23. The molecule has 0 N–H and O–H groups in total. The summed E-state index contributed by atoms with van der Waals surface area (Å²) in [5.74, 6) is 2.79. The third kappa shape index (κ3) is 11.4. The van der Waals surface area contributed by atoms with Crippen LogP contribution in [0.3, 0.4) is 0 Å². The summed E-state index contributed by atoms with van der Waals surface area (Å²) in [5.41, 5.74) is 0. The average Bonchev–Trinajstić information content (AvgIpc) is 2.15. The Bertz CT molecular complexity index is 126. The van der Waals surface area contributed by atoms with Crippen LogP contribution in [0, 0.1) is 17.8 Å². The zero-order valence-corrected chi connectivity index (χ0v) is 16.1. The molecule has 0 heterocycles. The van der Waals surface area contributed by atoms with E-state index >= 15 is 0 Å². The molecule has 0 aromatic rings. The van der Waals surface area contributed by atoms with Crippen LogP contribution in [0.4, 0.5) is 0 Å². The molecule has 0 saturated heterocycles. The molecular formula is C15H34Hf. The molecule has 0 fully saturated rings. The van der Waals surface area contributed by atoms with Gasteiger partial charge in [0.25, 0.3) is 0 Å². The standard InChI is InChI=1S/3C5H11.Hf.H/c3*1-4-5(2)3;;/h3*5H,1,4H2,2-3H3;;/q;;;+1;-1. The summed E-state index contributed by atoms with van der Waals surface area (Å²) < 4.78 is 5.01. The fourth-order valence-corrected chi connectivity index (χ4v) is 15.2. The largest absolute Gasteiger partial charge is 1.00 e. The van der Waals surface area contributed by atoms with E-state index in [9.17, 15) is 0 Å². The summed E-state index contributed by atoms with van der Waals surface area (Å²) in [4.78, 5) is 0. The molecule has 0 radical (unpaired) electrons. The van der Waals surface area contributed by atoms with E-state index in [0.717, 1.165) is 17.8 Å². The van der Waals surface area contributed by atoms with Crippen LogP contribution >= 0.6 is 0 Å². The maximum Gasteiger partial charge on any atom is -1.00 e. The van der Waals surface area contributed by atoms with E-state index in [2.05, 4.69) is 41.5 Å². The molecule has 0 atom stereocenters. The van der Waals surface area contributed by atoms with E-state index in [1.54, 1.807) is 12.5 Å². The van der Waals surface area contributed by atoms with Crippen molar-refractivity contribution in [2.24, 2.45) is 17.8 Å². The zero-order valence-electron chi connectivity index (χ0n) is 13.5. The summed E-state index contributed by atoms with van der Waals surface area (Å²) in [5, 5.41) is 0. The van der Waals surface area contributed by atoms with E-state index in [1.165, 1.54) is 19.3 Å². The Labute approximate surface area is 114 Å². The van der Waals surface area contributed by atoms with Crippen molar-refractivity contribution in [3.63, 3.8) is 0 Å². The van der Waals surface area contributed by atoms with Gasteiger partial charge in [0.15, 0.2) is 0 Å². The van der Waals surface area contributed by atoms with Gasteiger partial charge < -0.3 is 1.43 Å². The Balaban J connectivity index is 0. The summed E-state index contributed by atoms with van der Waals surface area (Å²) >= 11 is -1.15. The van der Waals surface area contributed by atoms with Crippen molar-refractivity contribution in [3.8, 4) is 0 Å².